The van der Waals surface area contributed by atoms with Crippen LogP contribution in [0.4, 0.5) is 28.6 Å². The van der Waals surface area contributed by atoms with Crippen molar-refractivity contribution in [1.29, 1.82) is 0 Å². The Labute approximate surface area is 255 Å². The smallest absolute Gasteiger partial charge is 0.221 e. The number of anilines is 3. The molecule has 1 amide bonds. The quantitative estimate of drug-likeness (QED) is 0.219. The first kappa shape index (κ1) is 27.2. The SMILES string of the molecule is CCOc1ccc([C@@H]2c3c(C)nn(-c4ccccc4)c3N=C3C(Nc4ccc(NC(C)=O)cc4)=Nc4ccccc4N32)cc1. The Hall–Kier alpha value is -5.70. The zero-order chi connectivity index (χ0) is 30.2. The predicted molar refractivity (Wildman–Crippen MR) is 175 cm³/mol. The summed E-state index contributed by atoms with van der Waals surface area (Å²) >= 11 is 0. The maximum atomic E-state index is 11.5. The van der Waals surface area contributed by atoms with Crippen LogP contribution in [0.5, 0.6) is 5.75 Å². The molecule has 5 aromatic rings. The highest BCUT2D eigenvalue weighted by Gasteiger charge is 2.41. The molecule has 1 atom stereocenters. The van der Waals surface area contributed by atoms with Crippen molar-refractivity contribution in [1.82, 2.24) is 9.78 Å². The molecule has 7 rings (SSSR count). The molecule has 1 aromatic heterocycles. The molecular formula is C35H31N7O2. The Morgan fingerprint density at radius 2 is 1.57 bits per heavy atom. The molecule has 0 unspecified atom stereocenters. The van der Waals surface area contributed by atoms with Crippen molar-refractivity contribution in [2.75, 3.05) is 22.1 Å². The number of hydrogen-bond donors (Lipinski definition) is 2. The standard InChI is InChI=1S/C35H31N7O2/c1-4-44-28-20-14-24(15-21-28)32-31-22(2)40-42(27-10-6-5-7-11-27)34(31)39-35-33(38-29-12-8-9-13-30(29)41(32)35)37-26-18-16-25(17-19-26)36-23(3)43/h5-21,32H,4H2,1-3H3,(H,36,43)(H,37,38)/t32-/m1/s1. The van der Waals surface area contributed by atoms with Crippen molar-refractivity contribution in [3.05, 3.63) is 120 Å². The Morgan fingerprint density at radius 3 is 2.30 bits per heavy atom. The van der Waals surface area contributed by atoms with Crippen LogP contribution in [0.1, 0.15) is 36.7 Å². The monoisotopic (exact) mass is 581 g/mol. The van der Waals surface area contributed by atoms with Crippen molar-refractivity contribution in [3.8, 4) is 11.4 Å². The highest BCUT2D eigenvalue weighted by atomic mass is 16.5. The highest BCUT2D eigenvalue weighted by molar-refractivity contribution is 6.51. The first-order valence-corrected chi connectivity index (χ1v) is 14.6. The lowest BCUT2D eigenvalue weighted by Gasteiger charge is -2.40. The molecule has 0 bridgehead atoms. The summed E-state index contributed by atoms with van der Waals surface area (Å²) in [6, 6.07) is 33.7. The molecule has 4 aromatic carbocycles. The van der Waals surface area contributed by atoms with Crippen molar-refractivity contribution < 1.29 is 9.53 Å². The molecular weight excluding hydrogens is 550 g/mol. The van der Waals surface area contributed by atoms with E-state index in [9.17, 15) is 4.79 Å². The largest absolute Gasteiger partial charge is 0.494 e. The van der Waals surface area contributed by atoms with Crippen LogP contribution in [0, 0.1) is 6.92 Å². The van der Waals surface area contributed by atoms with Gasteiger partial charge in [-0.15, -0.1) is 0 Å². The number of rotatable bonds is 6. The van der Waals surface area contributed by atoms with Crippen molar-refractivity contribution in [2.45, 2.75) is 26.8 Å². The van der Waals surface area contributed by atoms with Crippen molar-refractivity contribution >= 4 is 46.1 Å². The first-order valence-electron chi connectivity index (χ1n) is 14.6. The minimum atomic E-state index is -0.235. The van der Waals surface area contributed by atoms with Crippen molar-refractivity contribution in [3.63, 3.8) is 0 Å². The molecule has 44 heavy (non-hydrogen) atoms. The summed E-state index contributed by atoms with van der Waals surface area (Å²) in [4.78, 5) is 24.1. The number of carbonyl (C=O) groups is 1. The van der Waals surface area contributed by atoms with Gasteiger partial charge in [0, 0.05) is 23.9 Å². The van der Waals surface area contributed by atoms with E-state index in [0.717, 1.165) is 56.8 Å². The first-order chi connectivity index (χ1) is 21.5. The van der Waals surface area contributed by atoms with Crippen LogP contribution in [-0.2, 0) is 4.79 Å². The number of nitrogens with one attached hydrogen (secondary N) is 2. The zero-order valence-electron chi connectivity index (χ0n) is 24.7. The van der Waals surface area contributed by atoms with E-state index in [4.69, 9.17) is 19.8 Å². The van der Waals surface area contributed by atoms with E-state index in [0.29, 0.717) is 18.3 Å². The van der Waals surface area contributed by atoms with E-state index in [-0.39, 0.29) is 11.9 Å². The molecule has 0 spiro atoms. The van der Waals surface area contributed by atoms with Gasteiger partial charge in [0.15, 0.2) is 17.5 Å². The normalized spacial score (nSPS) is 14.9. The third-order valence-electron chi connectivity index (χ3n) is 7.61. The van der Waals surface area contributed by atoms with Gasteiger partial charge >= 0.3 is 0 Å². The molecule has 9 nitrogen and oxygen atoms in total. The van der Waals surface area contributed by atoms with Gasteiger partial charge in [-0.05, 0) is 80.1 Å². The van der Waals surface area contributed by atoms with Crippen LogP contribution in [0.25, 0.3) is 5.69 Å². The number of nitrogens with zero attached hydrogens (tertiary/aromatic N) is 5. The lowest BCUT2D eigenvalue weighted by molar-refractivity contribution is -0.114. The number of aliphatic imine (C=N–C) groups is 2. The van der Waals surface area contributed by atoms with E-state index in [2.05, 4.69) is 33.7 Å². The summed E-state index contributed by atoms with van der Waals surface area (Å²) < 4.78 is 7.69. The summed E-state index contributed by atoms with van der Waals surface area (Å²) in [5.41, 5.74) is 7.25. The van der Waals surface area contributed by atoms with Crippen LogP contribution in [0.3, 0.4) is 0 Å². The summed E-state index contributed by atoms with van der Waals surface area (Å²) in [5, 5.41) is 11.3. The van der Waals surface area contributed by atoms with Gasteiger partial charge < -0.3 is 20.3 Å². The zero-order valence-corrected chi connectivity index (χ0v) is 24.7. The van der Waals surface area contributed by atoms with Gasteiger partial charge in [-0.1, -0.05) is 42.5 Å². The number of para-hydroxylation sites is 3. The third-order valence-corrected chi connectivity index (χ3v) is 7.61. The molecule has 218 valence electrons. The molecule has 0 fully saturated rings. The van der Waals surface area contributed by atoms with E-state index in [1.807, 2.05) is 103 Å². The van der Waals surface area contributed by atoms with Gasteiger partial charge in [-0.3, -0.25) is 4.79 Å². The van der Waals surface area contributed by atoms with Gasteiger partial charge in [0.25, 0.3) is 0 Å². The van der Waals surface area contributed by atoms with E-state index < -0.39 is 0 Å². The molecule has 0 aliphatic carbocycles. The Balaban J connectivity index is 1.41. The Morgan fingerprint density at radius 1 is 0.864 bits per heavy atom. The van der Waals surface area contributed by atoms with Crippen molar-refractivity contribution in [2.24, 2.45) is 9.98 Å². The summed E-state index contributed by atoms with van der Waals surface area (Å²) in [6.45, 7) is 6.12. The number of amidine groups is 2. The minimum absolute atomic E-state index is 0.118. The fraction of sp³-hybridized carbons (Fsp3) is 0.143. The maximum absolute atomic E-state index is 11.5. The molecule has 0 radical (unpaired) electrons. The number of hydrogen-bond acceptors (Lipinski definition) is 7. The van der Waals surface area contributed by atoms with Crippen LogP contribution in [-0.4, -0.2) is 34.0 Å². The molecule has 0 saturated heterocycles. The topological polar surface area (TPSA) is 96.1 Å². The van der Waals surface area contributed by atoms with Gasteiger partial charge in [0.05, 0.1) is 35.4 Å². The molecule has 2 aliphatic rings. The summed E-state index contributed by atoms with van der Waals surface area (Å²) in [5.74, 6) is 2.75. The molecule has 2 aliphatic heterocycles. The minimum Gasteiger partial charge on any atom is -0.494 e. The van der Waals surface area contributed by atoms with Gasteiger partial charge in [-0.2, -0.15) is 5.10 Å². The molecule has 2 N–H and O–H groups in total. The molecule has 3 heterocycles. The second kappa shape index (κ2) is 11.2. The fourth-order valence-electron chi connectivity index (χ4n) is 5.75. The summed E-state index contributed by atoms with van der Waals surface area (Å²) in [6.07, 6.45) is 0. The Bertz CT molecular complexity index is 1910. The van der Waals surface area contributed by atoms with Crippen LogP contribution in [0.15, 0.2) is 113 Å². The van der Waals surface area contributed by atoms with E-state index in [1.165, 1.54) is 6.92 Å². The maximum Gasteiger partial charge on any atom is 0.221 e. The van der Waals surface area contributed by atoms with Crippen LogP contribution < -0.4 is 20.3 Å². The third kappa shape index (κ3) is 4.88. The fourth-order valence-corrected chi connectivity index (χ4v) is 5.75. The predicted octanol–water partition coefficient (Wildman–Crippen LogP) is 7.33. The number of amides is 1. The lowest BCUT2D eigenvalue weighted by Crippen LogP contribution is -2.46. The van der Waals surface area contributed by atoms with Gasteiger partial charge in [-0.25, -0.2) is 14.7 Å². The van der Waals surface area contributed by atoms with E-state index >= 15 is 0 Å². The van der Waals surface area contributed by atoms with E-state index in [1.54, 1.807) is 0 Å². The van der Waals surface area contributed by atoms with Crippen LogP contribution in [0.2, 0.25) is 0 Å². The molecule has 0 saturated carbocycles. The highest BCUT2D eigenvalue weighted by Crippen LogP contribution is 2.48. The number of aromatic nitrogens is 2. The average Bonchev–Trinajstić information content (AvgIpc) is 3.37. The number of ether oxygens (including phenoxy) is 1. The Kier molecular flexibility index (Phi) is 6.90. The number of benzene rings is 4. The summed E-state index contributed by atoms with van der Waals surface area (Å²) in [7, 11) is 0. The lowest BCUT2D eigenvalue weighted by atomic mass is 9.93. The second-order valence-corrected chi connectivity index (χ2v) is 10.6. The number of carbonyl (C=O) groups excluding carboxylic acids is 1. The van der Waals surface area contributed by atoms with Gasteiger partial charge in [0.2, 0.25) is 5.91 Å². The van der Waals surface area contributed by atoms with Crippen LogP contribution >= 0.6 is 0 Å². The second-order valence-electron chi connectivity index (χ2n) is 10.6. The number of aryl methyl sites for hydroxylation is 1. The number of fused-ring (bicyclic) bond motifs is 4. The average molecular weight is 582 g/mol. The van der Waals surface area contributed by atoms with Gasteiger partial charge in [0.1, 0.15) is 5.75 Å². The molecule has 9 heteroatoms.